The molecular formula is C16H22N2O2. The molecule has 1 aromatic rings. The predicted molar refractivity (Wildman–Crippen MR) is 78.1 cm³/mol. The fourth-order valence-corrected chi connectivity index (χ4v) is 1.96. The van der Waals surface area contributed by atoms with Crippen LogP contribution in [0, 0.1) is 18.3 Å². The van der Waals surface area contributed by atoms with Gasteiger partial charge in [-0.15, -0.1) is 0 Å². The van der Waals surface area contributed by atoms with Crippen molar-refractivity contribution in [2.45, 2.75) is 40.3 Å². The molecule has 0 aliphatic carbocycles. The second-order valence-corrected chi connectivity index (χ2v) is 5.06. The Labute approximate surface area is 121 Å². The van der Waals surface area contributed by atoms with Crippen molar-refractivity contribution in [1.29, 1.82) is 5.26 Å². The fourth-order valence-electron chi connectivity index (χ4n) is 1.96. The average molecular weight is 274 g/mol. The van der Waals surface area contributed by atoms with Crippen molar-refractivity contribution in [2.24, 2.45) is 0 Å². The minimum Gasteiger partial charge on any atom is -0.465 e. The van der Waals surface area contributed by atoms with Crippen molar-refractivity contribution in [1.82, 2.24) is 4.90 Å². The van der Waals surface area contributed by atoms with Crippen molar-refractivity contribution in [3.63, 3.8) is 0 Å². The van der Waals surface area contributed by atoms with Gasteiger partial charge in [-0.05, 0) is 51.0 Å². The number of carbonyl (C=O) groups is 1. The number of ether oxygens (including phenoxy) is 1. The normalized spacial score (nSPS) is 10.7. The van der Waals surface area contributed by atoms with E-state index in [1.807, 2.05) is 32.0 Å². The number of hydrogen-bond acceptors (Lipinski definition) is 4. The first-order valence-electron chi connectivity index (χ1n) is 6.87. The molecule has 0 fully saturated rings. The van der Waals surface area contributed by atoms with E-state index in [-0.39, 0.29) is 18.6 Å². The molecule has 0 aromatic heterocycles. The lowest BCUT2D eigenvalue weighted by molar-refractivity contribution is -0.145. The molecule has 1 aromatic carbocycles. The van der Waals surface area contributed by atoms with Gasteiger partial charge < -0.3 is 4.74 Å². The molecule has 0 unspecified atom stereocenters. The summed E-state index contributed by atoms with van der Waals surface area (Å²) in [7, 11) is 0. The molecule has 0 aliphatic rings. The number of nitrogens with zero attached hydrogens (tertiary/aromatic N) is 2. The lowest BCUT2D eigenvalue weighted by Gasteiger charge is -2.26. The highest BCUT2D eigenvalue weighted by Crippen LogP contribution is 2.15. The zero-order valence-electron chi connectivity index (χ0n) is 12.6. The third-order valence-corrected chi connectivity index (χ3v) is 3.21. The molecule has 0 aliphatic heterocycles. The lowest BCUT2D eigenvalue weighted by atomic mass is 10.0. The third kappa shape index (κ3) is 4.67. The first kappa shape index (κ1) is 16.2. The Morgan fingerprint density at radius 3 is 2.65 bits per heavy atom. The van der Waals surface area contributed by atoms with Gasteiger partial charge in [-0.25, -0.2) is 0 Å². The van der Waals surface area contributed by atoms with E-state index in [4.69, 9.17) is 10.00 Å². The Morgan fingerprint density at radius 1 is 1.45 bits per heavy atom. The first-order valence-corrected chi connectivity index (χ1v) is 6.87. The Kier molecular flexibility index (Phi) is 6.20. The van der Waals surface area contributed by atoms with E-state index in [0.717, 1.165) is 11.1 Å². The second kappa shape index (κ2) is 7.66. The molecule has 0 atom stereocenters. The predicted octanol–water partition coefficient (Wildman–Crippen LogP) is 2.64. The van der Waals surface area contributed by atoms with Gasteiger partial charge >= 0.3 is 5.97 Å². The topological polar surface area (TPSA) is 53.3 Å². The van der Waals surface area contributed by atoms with Crippen LogP contribution in [0.4, 0.5) is 0 Å². The van der Waals surface area contributed by atoms with Crippen LogP contribution in [0.1, 0.15) is 37.5 Å². The van der Waals surface area contributed by atoms with Crippen LogP contribution in [0.3, 0.4) is 0 Å². The summed E-state index contributed by atoms with van der Waals surface area (Å²) in [6, 6.07) is 8.01. The molecule has 4 heteroatoms. The van der Waals surface area contributed by atoms with Gasteiger partial charge in [0.15, 0.2) is 0 Å². The van der Waals surface area contributed by atoms with Crippen molar-refractivity contribution in [2.75, 3.05) is 13.2 Å². The molecule has 0 amide bonds. The molecule has 0 spiro atoms. The van der Waals surface area contributed by atoms with Crippen LogP contribution in [-0.4, -0.2) is 30.1 Å². The van der Waals surface area contributed by atoms with Gasteiger partial charge in [-0.1, -0.05) is 6.07 Å². The maximum absolute atomic E-state index is 11.6. The van der Waals surface area contributed by atoms with Crippen molar-refractivity contribution in [3.8, 4) is 6.07 Å². The second-order valence-electron chi connectivity index (χ2n) is 5.06. The SMILES string of the molecule is CCOC(=O)CN(Cc1ccc(C#N)cc1C)C(C)C. The Morgan fingerprint density at radius 2 is 2.15 bits per heavy atom. The van der Waals surface area contributed by atoms with Crippen molar-refractivity contribution < 1.29 is 9.53 Å². The minimum atomic E-state index is -0.201. The number of benzene rings is 1. The van der Waals surface area contributed by atoms with E-state index >= 15 is 0 Å². The molecule has 0 N–H and O–H groups in total. The van der Waals surface area contributed by atoms with Crippen molar-refractivity contribution >= 4 is 5.97 Å². The molecule has 0 radical (unpaired) electrons. The Hall–Kier alpha value is -1.86. The summed E-state index contributed by atoms with van der Waals surface area (Å²) < 4.78 is 5.00. The number of aryl methyl sites for hydroxylation is 1. The highest BCUT2D eigenvalue weighted by atomic mass is 16.5. The quantitative estimate of drug-likeness (QED) is 0.748. The highest BCUT2D eigenvalue weighted by Gasteiger charge is 2.16. The summed E-state index contributed by atoms with van der Waals surface area (Å²) in [6.07, 6.45) is 0. The summed E-state index contributed by atoms with van der Waals surface area (Å²) in [4.78, 5) is 13.7. The number of rotatable bonds is 6. The van der Waals surface area contributed by atoms with Gasteiger partial charge in [0.1, 0.15) is 0 Å². The van der Waals surface area contributed by atoms with E-state index in [1.54, 1.807) is 0 Å². The largest absolute Gasteiger partial charge is 0.465 e. The van der Waals surface area contributed by atoms with Crippen LogP contribution in [-0.2, 0) is 16.1 Å². The van der Waals surface area contributed by atoms with Crippen LogP contribution in [0.5, 0.6) is 0 Å². The summed E-state index contributed by atoms with van der Waals surface area (Å²) in [5.74, 6) is -0.201. The molecule has 0 heterocycles. The van der Waals surface area contributed by atoms with Gasteiger partial charge in [0.2, 0.25) is 0 Å². The molecule has 20 heavy (non-hydrogen) atoms. The van der Waals surface area contributed by atoms with Crippen LogP contribution < -0.4 is 0 Å². The van der Waals surface area contributed by atoms with Gasteiger partial charge in [0.25, 0.3) is 0 Å². The van der Waals surface area contributed by atoms with Gasteiger partial charge in [0.05, 0.1) is 24.8 Å². The number of carbonyl (C=O) groups excluding carboxylic acids is 1. The van der Waals surface area contributed by atoms with Crippen LogP contribution in [0.15, 0.2) is 18.2 Å². The van der Waals surface area contributed by atoms with Crippen LogP contribution in [0.25, 0.3) is 0 Å². The maximum Gasteiger partial charge on any atom is 0.320 e. The highest BCUT2D eigenvalue weighted by molar-refractivity contribution is 5.71. The smallest absolute Gasteiger partial charge is 0.320 e. The number of hydrogen-bond donors (Lipinski definition) is 0. The molecule has 0 bridgehead atoms. The monoisotopic (exact) mass is 274 g/mol. The van der Waals surface area contributed by atoms with E-state index in [9.17, 15) is 4.79 Å². The summed E-state index contributed by atoms with van der Waals surface area (Å²) in [6.45, 7) is 9.26. The molecule has 4 nitrogen and oxygen atoms in total. The zero-order valence-corrected chi connectivity index (χ0v) is 12.6. The molecule has 1 rings (SSSR count). The van der Waals surface area contributed by atoms with E-state index in [1.165, 1.54) is 0 Å². The fraction of sp³-hybridized carbons (Fsp3) is 0.500. The summed E-state index contributed by atoms with van der Waals surface area (Å²) in [5, 5.41) is 8.88. The lowest BCUT2D eigenvalue weighted by Crippen LogP contribution is -2.36. The minimum absolute atomic E-state index is 0.201. The number of nitriles is 1. The molecule has 108 valence electrons. The molecule has 0 saturated carbocycles. The maximum atomic E-state index is 11.6. The summed E-state index contributed by atoms with van der Waals surface area (Å²) in [5.41, 5.74) is 2.85. The third-order valence-electron chi connectivity index (χ3n) is 3.21. The van der Waals surface area contributed by atoms with E-state index < -0.39 is 0 Å². The summed E-state index contributed by atoms with van der Waals surface area (Å²) >= 11 is 0. The van der Waals surface area contributed by atoms with Gasteiger partial charge in [-0.3, -0.25) is 9.69 Å². The zero-order chi connectivity index (χ0) is 15.1. The van der Waals surface area contributed by atoms with Crippen molar-refractivity contribution in [3.05, 3.63) is 34.9 Å². The molecule has 0 saturated heterocycles. The van der Waals surface area contributed by atoms with E-state index in [2.05, 4.69) is 24.8 Å². The van der Waals surface area contributed by atoms with Crippen LogP contribution in [0.2, 0.25) is 0 Å². The Balaban J connectivity index is 2.81. The molecular weight excluding hydrogens is 252 g/mol. The van der Waals surface area contributed by atoms with Gasteiger partial charge in [-0.2, -0.15) is 5.26 Å². The average Bonchev–Trinajstić information content (AvgIpc) is 2.40. The first-order chi connectivity index (χ1) is 9.47. The van der Waals surface area contributed by atoms with Gasteiger partial charge in [0, 0.05) is 12.6 Å². The standard InChI is InChI=1S/C16H22N2O2/c1-5-20-16(19)11-18(12(2)3)10-15-7-6-14(9-17)8-13(15)4/h6-8,12H,5,10-11H2,1-4H3. The Bertz CT molecular complexity index is 504. The van der Waals surface area contributed by atoms with E-state index in [0.29, 0.717) is 18.7 Å². The number of esters is 1. The van der Waals surface area contributed by atoms with Crippen LogP contribution >= 0.6 is 0 Å².